The maximum atomic E-state index is 13.3. The van der Waals surface area contributed by atoms with Crippen LogP contribution in [0.3, 0.4) is 0 Å². The fraction of sp³-hybridized carbons (Fsp3) is 0.280. The number of hydrogen-bond donors (Lipinski definition) is 1. The number of urea groups is 1. The van der Waals surface area contributed by atoms with Crippen LogP contribution in [0, 0.1) is 5.92 Å². The lowest BCUT2D eigenvalue weighted by Crippen LogP contribution is -2.45. The predicted octanol–water partition coefficient (Wildman–Crippen LogP) is 5.76. The Labute approximate surface area is 197 Å². The van der Waals surface area contributed by atoms with E-state index in [9.17, 15) is 9.59 Å². The number of para-hydroxylation sites is 1. The number of benzene rings is 2. The van der Waals surface area contributed by atoms with Gasteiger partial charge in [0.05, 0.1) is 18.5 Å². The summed E-state index contributed by atoms with van der Waals surface area (Å²) in [5.41, 5.74) is 1.68. The highest BCUT2D eigenvalue weighted by molar-refractivity contribution is 9.10. The quantitative estimate of drug-likeness (QED) is 0.408. The SMILES string of the molecule is CC(C)CN(CC(=O)N(Cc1ccccc1)Cc1ccco1)C(=O)Nc1ccccc1Br. The molecule has 3 aromatic rings. The van der Waals surface area contributed by atoms with Crippen molar-refractivity contribution in [1.82, 2.24) is 9.80 Å². The summed E-state index contributed by atoms with van der Waals surface area (Å²) in [4.78, 5) is 29.7. The van der Waals surface area contributed by atoms with Crippen molar-refractivity contribution in [3.63, 3.8) is 0 Å². The van der Waals surface area contributed by atoms with Crippen LogP contribution in [-0.4, -0.2) is 34.8 Å². The smallest absolute Gasteiger partial charge is 0.322 e. The van der Waals surface area contributed by atoms with Gasteiger partial charge in [0.25, 0.3) is 0 Å². The van der Waals surface area contributed by atoms with E-state index in [1.807, 2.05) is 74.5 Å². The van der Waals surface area contributed by atoms with Crippen molar-refractivity contribution in [2.45, 2.75) is 26.9 Å². The van der Waals surface area contributed by atoms with E-state index in [2.05, 4.69) is 21.2 Å². The standard InChI is InChI=1S/C25H28BrN3O3/c1-19(2)15-29(25(31)27-23-13-7-6-12-22(23)26)18-24(30)28(17-21-11-8-14-32-21)16-20-9-4-3-5-10-20/h3-14,19H,15-18H2,1-2H3,(H,27,31). The van der Waals surface area contributed by atoms with Gasteiger partial charge in [-0.25, -0.2) is 4.79 Å². The maximum absolute atomic E-state index is 13.3. The van der Waals surface area contributed by atoms with E-state index in [-0.39, 0.29) is 24.4 Å². The minimum atomic E-state index is -0.309. The number of anilines is 1. The average molecular weight is 498 g/mol. The second-order valence-electron chi connectivity index (χ2n) is 8.00. The van der Waals surface area contributed by atoms with Crippen molar-refractivity contribution in [2.75, 3.05) is 18.4 Å². The molecular weight excluding hydrogens is 470 g/mol. The molecule has 1 heterocycles. The monoisotopic (exact) mass is 497 g/mol. The maximum Gasteiger partial charge on any atom is 0.322 e. The van der Waals surface area contributed by atoms with Gasteiger partial charge in [0, 0.05) is 17.6 Å². The second-order valence-corrected chi connectivity index (χ2v) is 8.85. The van der Waals surface area contributed by atoms with Crippen molar-refractivity contribution < 1.29 is 14.0 Å². The zero-order valence-corrected chi connectivity index (χ0v) is 19.9. The molecule has 0 saturated heterocycles. The number of halogens is 1. The Morgan fingerprint density at radius 2 is 1.66 bits per heavy atom. The lowest BCUT2D eigenvalue weighted by Gasteiger charge is -2.28. The summed E-state index contributed by atoms with van der Waals surface area (Å²) in [5, 5.41) is 2.91. The van der Waals surface area contributed by atoms with E-state index in [4.69, 9.17) is 4.42 Å². The Hall–Kier alpha value is -3.06. The third kappa shape index (κ3) is 6.99. The van der Waals surface area contributed by atoms with Crippen molar-refractivity contribution in [2.24, 2.45) is 5.92 Å². The number of furan rings is 1. The predicted molar refractivity (Wildman–Crippen MR) is 129 cm³/mol. The zero-order valence-electron chi connectivity index (χ0n) is 18.3. The summed E-state index contributed by atoms with van der Waals surface area (Å²) >= 11 is 3.45. The topological polar surface area (TPSA) is 65.8 Å². The van der Waals surface area contributed by atoms with Crippen LogP contribution < -0.4 is 5.32 Å². The summed E-state index contributed by atoms with van der Waals surface area (Å²) < 4.78 is 6.25. The molecule has 0 aliphatic carbocycles. The number of carbonyl (C=O) groups excluding carboxylic acids is 2. The number of nitrogens with one attached hydrogen (secondary N) is 1. The van der Waals surface area contributed by atoms with Crippen LogP contribution in [0.15, 0.2) is 81.9 Å². The first-order chi connectivity index (χ1) is 15.4. The molecule has 6 nitrogen and oxygen atoms in total. The summed E-state index contributed by atoms with van der Waals surface area (Å²) in [5.74, 6) is 0.760. The molecule has 32 heavy (non-hydrogen) atoms. The number of nitrogens with zero attached hydrogens (tertiary/aromatic N) is 2. The van der Waals surface area contributed by atoms with Crippen molar-refractivity contribution >= 4 is 33.6 Å². The van der Waals surface area contributed by atoms with Crippen molar-refractivity contribution in [3.8, 4) is 0 Å². The fourth-order valence-corrected chi connectivity index (χ4v) is 3.69. The Morgan fingerprint density at radius 3 is 2.31 bits per heavy atom. The molecule has 0 atom stereocenters. The molecule has 0 aliphatic heterocycles. The van der Waals surface area contributed by atoms with Crippen LogP contribution in [0.4, 0.5) is 10.5 Å². The van der Waals surface area contributed by atoms with Crippen LogP contribution in [0.5, 0.6) is 0 Å². The minimum absolute atomic E-state index is 0.0258. The Kier molecular flexibility index (Phi) is 8.50. The molecule has 1 aromatic heterocycles. The molecule has 0 bridgehead atoms. The highest BCUT2D eigenvalue weighted by Crippen LogP contribution is 2.22. The summed E-state index contributed by atoms with van der Waals surface area (Å²) in [7, 11) is 0. The van der Waals surface area contributed by atoms with Crippen LogP contribution in [-0.2, 0) is 17.9 Å². The van der Waals surface area contributed by atoms with E-state index in [0.29, 0.717) is 31.1 Å². The molecule has 3 rings (SSSR count). The average Bonchev–Trinajstić information content (AvgIpc) is 3.28. The fourth-order valence-electron chi connectivity index (χ4n) is 3.31. The second kappa shape index (κ2) is 11.5. The Morgan fingerprint density at radius 1 is 0.938 bits per heavy atom. The molecule has 0 saturated carbocycles. The van der Waals surface area contributed by atoms with Gasteiger partial charge in [0.15, 0.2) is 0 Å². The summed E-state index contributed by atoms with van der Waals surface area (Å²) in [6.07, 6.45) is 1.59. The van der Waals surface area contributed by atoms with Crippen molar-refractivity contribution in [3.05, 3.63) is 88.8 Å². The summed E-state index contributed by atoms with van der Waals surface area (Å²) in [6.45, 7) is 5.25. The highest BCUT2D eigenvalue weighted by atomic mass is 79.9. The largest absolute Gasteiger partial charge is 0.467 e. The number of rotatable bonds is 9. The molecule has 0 radical (unpaired) electrons. The van der Waals surface area contributed by atoms with Crippen LogP contribution in [0.1, 0.15) is 25.2 Å². The van der Waals surface area contributed by atoms with Crippen molar-refractivity contribution in [1.29, 1.82) is 0 Å². The van der Waals surface area contributed by atoms with Gasteiger partial charge in [-0.3, -0.25) is 4.79 Å². The molecule has 0 fully saturated rings. The molecule has 168 valence electrons. The number of carbonyl (C=O) groups is 2. The van der Waals surface area contributed by atoms with E-state index >= 15 is 0 Å². The molecular formula is C25H28BrN3O3. The van der Waals surface area contributed by atoms with Gasteiger partial charge in [0.1, 0.15) is 12.3 Å². The molecule has 3 amide bonds. The van der Waals surface area contributed by atoms with E-state index in [1.165, 1.54) is 0 Å². The number of hydrogen-bond acceptors (Lipinski definition) is 3. The van der Waals surface area contributed by atoms with Gasteiger partial charge in [-0.1, -0.05) is 56.3 Å². The normalized spacial score (nSPS) is 10.8. The van der Waals surface area contributed by atoms with Gasteiger partial charge in [0.2, 0.25) is 5.91 Å². The lowest BCUT2D eigenvalue weighted by molar-refractivity contribution is -0.133. The highest BCUT2D eigenvalue weighted by Gasteiger charge is 2.23. The molecule has 1 N–H and O–H groups in total. The van der Waals surface area contributed by atoms with Gasteiger partial charge < -0.3 is 19.5 Å². The third-order valence-electron chi connectivity index (χ3n) is 4.81. The Bertz CT molecular complexity index is 1010. The third-order valence-corrected chi connectivity index (χ3v) is 5.50. The first-order valence-corrected chi connectivity index (χ1v) is 11.4. The molecule has 0 spiro atoms. The van der Waals surface area contributed by atoms with Gasteiger partial charge in [-0.2, -0.15) is 0 Å². The van der Waals surface area contributed by atoms with Crippen LogP contribution in [0.2, 0.25) is 0 Å². The van der Waals surface area contributed by atoms with Gasteiger partial charge >= 0.3 is 6.03 Å². The van der Waals surface area contributed by atoms with Crippen LogP contribution >= 0.6 is 15.9 Å². The first kappa shape index (κ1) is 23.6. The number of amides is 3. The first-order valence-electron chi connectivity index (χ1n) is 10.6. The molecule has 7 heteroatoms. The van der Waals surface area contributed by atoms with Crippen LogP contribution in [0.25, 0.3) is 0 Å². The van der Waals surface area contributed by atoms with E-state index < -0.39 is 0 Å². The van der Waals surface area contributed by atoms with E-state index in [0.717, 1.165) is 10.0 Å². The molecule has 0 unspecified atom stereocenters. The van der Waals surface area contributed by atoms with Gasteiger partial charge in [-0.15, -0.1) is 0 Å². The zero-order chi connectivity index (χ0) is 22.9. The Balaban J connectivity index is 1.76. The summed E-state index contributed by atoms with van der Waals surface area (Å²) in [6, 6.07) is 20.5. The minimum Gasteiger partial charge on any atom is -0.467 e. The molecule has 0 aliphatic rings. The van der Waals surface area contributed by atoms with E-state index in [1.54, 1.807) is 22.1 Å². The lowest BCUT2D eigenvalue weighted by atomic mass is 10.2. The van der Waals surface area contributed by atoms with Gasteiger partial charge in [-0.05, 0) is 51.7 Å². The molecule has 2 aromatic carbocycles.